The van der Waals surface area contributed by atoms with Crippen molar-refractivity contribution in [1.29, 1.82) is 0 Å². The Hall–Kier alpha value is -1.33. The molecule has 1 saturated heterocycles. The molecule has 3 N–H and O–H groups in total. The summed E-state index contributed by atoms with van der Waals surface area (Å²) in [6.45, 7) is 4.39. The van der Waals surface area contributed by atoms with Crippen molar-refractivity contribution >= 4 is 0 Å². The molecule has 106 valence electrons. The van der Waals surface area contributed by atoms with Crippen LogP contribution in [0.25, 0.3) is 0 Å². The zero-order chi connectivity index (χ0) is 13.8. The molecule has 0 amide bonds. The van der Waals surface area contributed by atoms with Gasteiger partial charge in [-0.15, -0.1) is 0 Å². The minimum atomic E-state index is -0.394. The van der Waals surface area contributed by atoms with Crippen LogP contribution >= 0.6 is 0 Å². The van der Waals surface area contributed by atoms with Crippen LogP contribution in [0.3, 0.4) is 0 Å². The van der Waals surface area contributed by atoms with Crippen LogP contribution in [0.1, 0.15) is 31.9 Å². The molecule has 2 rings (SSSR count). The molecule has 5 nitrogen and oxygen atoms in total. The van der Waals surface area contributed by atoms with E-state index in [1.807, 2.05) is 0 Å². The van der Waals surface area contributed by atoms with Crippen molar-refractivity contribution in [2.45, 2.75) is 38.8 Å². The van der Waals surface area contributed by atoms with Gasteiger partial charge in [0.05, 0.1) is 6.54 Å². The van der Waals surface area contributed by atoms with Crippen LogP contribution in [0, 0.1) is 5.92 Å². The molecule has 0 aromatic carbocycles. The summed E-state index contributed by atoms with van der Waals surface area (Å²) in [5.74, 6) is 0.983. The zero-order valence-electron chi connectivity index (χ0n) is 11.3. The first kappa shape index (κ1) is 14.1. The lowest BCUT2D eigenvalue weighted by Gasteiger charge is -2.38. The Morgan fingerprint density at radius 3 is 3.00 bits per heavy atom. The Morgan fingerprint density at radius 1 is 1.58 bits per heavy atom. The van der Waals surface area contributed by atoms with Crippen LogP contribution in [0.2, 0.25) is 0 Å². The number of rotatable bonds is 4. The monoisotopic (exact) mass is 266 g/mol. The van der Waals surface area contributed by atoms with Crippen molar-refractivity contribution in [3.8, 4) is 5.75 Å². The molecule has 0 saturated carbocycles. The predicted octanol–water partition coefficient (Wildman–Crippen LogP) is 1.29. The fourth-order valence-electron chi connectivity index (χ4n) is 2.73. The Bertz CT molecular complexity index is 472. The quantitative estimate of drug-likeness (QED) is 0.858. The molecule has 1 aliphatic heterocycles. The van der Waals surface area contributed by atoms with Gasteiger partial charge in [-0.25, -0.2) is 0 Å². The van der Waals surface area contributed by atoms with Gasteiger partial charge in [0, 0.05) is 18.7 Å². The fourth-order valence-corrected chi connectivity index (χ4v) is 2.73. The number of aromatic hydroxyl groups is 1. The maximum absolute atomic E-state index is 11.4. The Kier molecular flexibility index (Phi) is 4.61. The number of piperidine rings is 1. The number of likely N-dealkylation sites (tertiary alicyclic amines) is 1. The van der Waals surface area contributed by atoms with E-state index in [2.05, 4.69) is 11.8 Å². The second kappa shape index (κ2) is 6.21. The van der Waals surface area contributed by atoms with E-state index in [1.54, 1.807) is 0 Å². The normalized spacial score (nSPS) is 24.5. The molecule has 1 aromatic heterocycles. The highest BCUT2D eigenvalue weighted by molar-refractivity contribution is 5.15. The van der Waals surface area contributed by atoms with Gasteiger partial charge in [-0.05, 0) is 25.3 Å². The molecule has 1 fully saturated rings. The van der Waals surface area contributed by atoms with Crippen LogP contribution in [-0.4, -0.2) is 29.1 Å². The maximum atomic E-state index is 11.4. The highest BCUT2D eigenvalue weighted by atomic mass is 16.4. The fraction of sp³-hybridized carbons (Fsp3) is 0.643. The van der Waals surface area contributed by atoms with Crippen molar-refractivity contribution in [3.63, 3.8) is 0 Å². The molecule has 19 heavy (non-hydrogen) atoms. The Morgan fingerprint density at radius 2 is 2.37 bits per heavy atom. The SMILES string of the molecule is CCC1CCN(Cc2cc(=O)c(O)co2)C(CN)C1. The van der Waals surface area contributed by atoms with Crippen molar-refractivity contribution in [3.05, 3.63) is 28.3 Å². The summed E-state index contributed by atoms with van der Waals surface area (Å²) in [4.78, 5) is 13.6. The molecule has 0 spiro atoms. The van der Waals surface area contributed by atoms with E-state index < -0.39 is 5.43 Å². The van der Waals surface area contributed by atoms with Gasteiger partial charge in [-0.2, -0.15) is 0 Å². The third kappa shape index (κ3) is 3.36. The first-order valence-corrected chi connectivity index (χ1v) is 6.88. The largest absolute Gasteiger partial charge is 0.502 e. The van der Waals surface area contributed by atoms with E-state index in [-0.39, 0.29) is 5.75 Å². The summed E-state index contributed by atoms with van der Waals surface area (Å²) in [7, 11) is 0. The molecule has 0 aliphatic carbocycles. The smallest absolute Gasteiger partial charge is 0.226 e. The van der Waals surface area contributed by atoms with E-state index in [0.717, 1.165) is 31.6 Å². The van der Waals surface area contributed by atoms with Gasteiger partial charge in [0.25, 0.3) is 0 Å². The molecule has 0 bridgehead atoms. The summed E-state index contributed by atoms with van der Waals surface area (Å²) >= 11 is 0. The Balaban J connectivity index is 2.05. The molecule has 2 atom stereocenters. The van der Waals surface area contributed by atoms with Gasteiger partial charge >= 0.3 is 0 Å². The third-order valence-electron chi connectivity index (χ3n) is 4.02. The van der Waals surface area contributed by atoms with E-state index >= 15 is 0 Å². The van der Waals surface area contributed by atoms with E-state index in [4.69, 9.17) is 10.2 Å². The minimum absolute atomic E-state index is 0.344. The number of hydrogen-bond acceptors (Lipinski definition) is 5. The van der Waals surface area contributed by atoms with E-state index in [1.165, 1.54) is 12.5 Å². The predicted molar refractivity (Wildman–Crippen MR) is 72.9 cm³/mol. The highest BCUT2D eigenvalue weighted by Gasteiger charge is 2.27. The first-order valence-electron chi connectivity index (χ1n) is 6.88. The standard InChI is InChI=1S/C14H22N2O3/c1-2-10-3-4-16(11(5-10)7-15)8-12-6-13(17)14(18)9-19-12/h6,9-11,18H,2-5,7-8,15H2,1H3. The summed E-state index contributed by atoms with van der Waals surface area (Å²) in [6.07, 6.45) is 4.57. The zero-order valence-corrected chi connectivity index (χ0v) is 11.3. The molecular formula is C14H22N2O3. The molecule has 2 heterocycles. The van der Waals surface area contributed by atoms with Crippen LogP contribution in [0.15, 0.2) is 21.5 Å². The molecule has 0 radical (unpaired) electrons. The third-order valence-corrected chi connectivity index (χ3v) is 4.02. The van der Waals surface area contributed by atoms with Gasteiger partial charge in [0.1, 0.15) is 12.0 Å². The number of nitrogens with zero attached hydrogens (tertiary/aromatic N) is 1. The van der Waals surface area contributed by atoms with Crippen LogP contribution < -0.4 is 11.2 Å². The lowest BCUT2D eigenvalue weighted by atomic mass is 9.89. The second-order valence-corrected chi connectivity index (χ2v) is 5.25. The topological polar surface area (TPSA) is 79.7 Å². The van der Waals surface area contributed by atoms with Gasteiger partial charge in [-0.3, -0.25) is 9.69 Å². The van der Waals surface area contributed by atoms with E-state index in [0.29, 0.717) is 24.9 Å². The molecule has 5 heteroatoms. The minimum Gasteiger partial charge on any atom is -0.502 e. The highest BCUT2D eigenvalue weighted by Crippen LogP contribution is 2.26. The average Bonchev–Trinajstić information content (AvgIpc) is 2.43. The van der Waals surface area contributed by atoms with Gasteiger partial charge < -0.3 is 15.3 Å². The van der Waals surface area contributed by atoms with Crippen LogP contribution in [0.5, 0.6) is 5.75 Å². The molecular weight excluding hydrogens is 244 g/mol. The van der Waals surface area contributed by atoms with Crippen molar-refractivity contribution < 1.29 is 9.52 Å². The first-order chi connectivity index (χ1) is 9.13. The van der Waals surface area contributed by atoms with Crippen molar-refractivity contribution in [1.82, 2.24) is 4.90 Å². The summed E-state index contributed by atoms with van der Waals surface area (Å²) in [5, 5.41) is 9.17. The van der Waals surface area contributed by atoms with Crippen LogP contribution in [-0.2, 0) is 6.54 Å². The number of nitrogens with two attached hydrogens (primary N) is 1. The average molecular weight is 266 g/mol. The Labute approximate surface area is 113 Å². The number of hydrogen-bond donors (Lipinski definition) is 2. The van der Waals surface area contributed by atoms with Crippen LogP contribution in [0.4, 0.5) is 0 Å². The van der Waals surface area contributed by atoms with Crippen molar-refractivity contribution in [2.24, 2.45) is 11.7 Å². The van der Waals surface area contributed by atoms with Gasteiger partial charge in [0.15, 0.2) is 5.75 Å². The lowest BCUT2D eigenvalue weighted by Crippen LogP contribution is -2.46. The molecule has 1 aliphatic rings. The van der Waals surface area contributed by atoms with Gasteiger partial charge in [0.2, 0.25) is 5.43 Å². The van der Waals surface area contributed by atoms with E-state index in [9.17, 15) is 9.90 Å². The lowest BCUT2D eigenvalue weighted by molar-refractivity contribution is 0.0990. The summed E-state index contributed by atoms with van der Waals surface area (Å²) in [5.41, 5.74) is 5.45. The maximum Gasteiger partial charge on any atom is 0.226 e. The van der Waals surface area contributed by atoms with Gasteiger partial charge in [-0.1, -0.05) is 13.3 Å². The summed E-state index contributed by atoms with van der Waals surface area (Å²) in [6, 6.07) is 1.70. The molecule has 2 unspecified atom stereocenters. The van der Waals surface area contributed by atoms with Crippen molar-refractivity contribution in [2.75, 3.05) is 13.1 Å². The summed E-state index contributed by atoms with van der Waals surface area (Å²) < 4.78 is 5.26. The molecule has 1 aromatic rings. The second-order valence-electron chi connectivity index (χ2n) is 5.25.